The van der Waals surface area contributed by atoms with E-state index in [9.17, 15) is 10.1 Å². The van der Waals surface area contributed by atoms with Crippen molar-refractivity contribution in [3.05, 3.63) is 12.2 Å². The Morgan fingerprint density at radius 2 is 2.30 bits per heavy atom. The smallest absolute Gasteiger partial charge is 0.235 e. The number of aromatic nitrogens is 3. The van der Waals surface area contributed by atoms with Crippen LogP contribution in [0.25, 0.3) is 0 Å². The Balaban J connectivity index is 2.54. The standard InChI is InChI=1S/C13H22N6O/c1-10(2)13(3,8-14)17-12(20)7-18(4)6-11-15-9-16-19(11)5/h9-10H,6-7H2,1-5H3,(H,17,20)/t13-/m1/s1. The molecule has 0 unspecified atom stereocenters. The van der Waals surface area contributed by atoms with Crippen LogP contribution in [0.4, 0.5) is 0 Å². The van der Waals surface area contributed by atoms with Crippen LogP contribution < -0.4 is 5.32 Å². The lowest BCUT2D eigenvalue weighted by Crippen LogP contribution is -2.51. The molecule has 0 fully saturated rings. The Morgan fingerprint density at radius 1 is 1.65 bits per heavy atom. The van der Waals surface area contributed by atoms with Gasteiger partial charge in [0.2, 0.25) is 5.91 Å². The van der Waals surface area contributed by atoms with E-state index in [0.29, 0.717) is 6.54 Å². The largest absolute Gasteiger partial charge is 0.337 e. The van der Waals surface area contributed by atoms with E-state index in [0.717, 1.165) is 5.82 Å². The molecule has 7 nitrogen and oxygen atoms in total. The minimum atomic E-state index is -0.845. The molecule has 0 saturated heterocycles. The molecule has 1 rings (SSSR count). The van der Waals surface area contributed by atoms with Crippen molar-refractivity contribution in [1.82, 2.24) is 25.0 Å². The second-order valence-corrected chi connectivity index (χ2v) is 5.49. The summed E-state index contributed by atoms with van der Waals surface area (Å²) in [6.45, 7) is 6.28. The second kappa shape index (κ2) is 6.48. The third-order valence-corrected chi connectivity index (χ3v) is 3.42. The highest BCUT2D eigenvalue weighted by Crippen LogP contribution is 2.14. The maximum atomic E-state index is 12.0. The highest BCUT2D eigenvalue weighted by Gasteiger charge is 2.30. The quantitative estimate of drug-likeness (QED) is 0.808. The maximum absolute atomic E-state index is 12.0. The summed E-state index contributed by atoms with van der Waals surface area (Å²) in [6, 6.07) is 2.16. The maximum Gasteiger partial charge on any atom is 0.235 e. The van der Waals surface area contributed by atoms with Gasteiger partial charge in [-0.1, -0.05) is 13.8 Å². The van der Waals surface area contributed by atoms with Crippen molar-refractivity contribution in [2.75, 3.05) is 13.6 Å². The van der Waals surface area contributed by atoms with E-state index < -0.39 is 5.54 Å². The number of nitriles is 1. The number of nitrogens with one attached hydrogen (secondary N) is 1. The van der Waals surface area contributed by atoms with Gasteiger partial charge in [0.05, 0.1) is 19.2 Å². The van der Waals surface area contributed by atoms with Crippen LogP contribution in [-0.2, 0) is 18.4 Å². The first-order valence-corrected chi connectivity index (χ1v) is 6.52. The predicted octanol–water partition coefficient (Wildman–Crippen LogP) is 0.301. The van der Waals surface area contributed by atoms with E-state index in [1.807, 2.05) is 32.8 Å². The van der Waals surface area contributed by atoms with Crippen molar-refractivity contribution in [1.29, 1.82) is 5.26 Å². The van der Waals surface area contributed by atoms with Crippen LogP contribution in [-0.4, -0.2) is 44.7 Å². The van der Waals surface area contributed by atoms with Gasteiger partial charge in [0.15, 0.2) is 0 Å². The van der Waals surface area contributed by atoms with Gasteiger partial charge >= 0.3 is 0 Å². The molecule has 0 aliphatic rings. The fourth-order valence-electron chi connectivity index (χ4n) is 1.64. The van der Waals surface area contributed by atoms with Gasteiger partial charge in [-0.25, -0.2) is 4.98 Å². The zero-order valence-corrected chi connectivity index (χ0v) is 12.7. The average molecular weight is 278 g/mol. The van der Waals surface area contributed by atoms with Crippen molar-refractivity contribution in [2.45, 2.75) is 32.9 Å². The van der Waals surface area contributed by atoms with Crippen molar-refractivity contribution in [3.8, 4) is 6.07 Å². The van der Waals surface area contributed by atoms with Crippen LogP contribution in [0, 0.1) is 17.2 Å². The fraction of sp³-hybridized carbons (Fsp3) is 0.692. The van der Waals surface area contributed by atoms with Crippen LogP contribution in [0.1, 0.15) is 26.6 Å². The van der Waals surface area contributed by atoms with Gasteiger partial charge in [-0.15, -0.1) is 0 Å². The summed E-state index contributed by atoms with van der Waals surface area (Å²) in [7, 11) is 3.63. The molecule has 20 heavy (non-hydrogen) atoms. The Morgan fingerprint density at radius 3 is 2.75 bits per heavy atom. The summed E-state index contributed by atoms with van der Waals surface area (Å²) in [6.07, 6.45) is 1.48. The molecule has 0 aliphatic carbocycles. The molecule has 1 N–H and O–H groups in total. The lowest BCUT2D eigenvalue weighted by Gasteiger charge is -2.28. The highest BCUT2D eigenvalue weighted by atomic mass is 16.2. The van der Waals surface area contributed by atoms with E-state index in [-0.39, 0.29) is 18.4 Å². The summed E-state index contributed by atoms with van der Waals surface area (Å²) in [4.78, 5) is 17.9. The number of carbonyl (C=O) groups excluding carboxylic acids is 1. The summed E-state index contributed by atoms with van der Waals surface area (Å²) < 4.78 is 1.67. The van der Waals surface area contributed by atoms with Crippen LogP contribution in [0.3, 0.4) is 0 Å². The van der Waals surface area contributed by atoms with Crippen LogP contribution >= 0.6 is 0 Å². The molecule has 0 saturated carbocycles. The Hall–Kier alpha value is -1.94. The van der Waals surface area contributed by atoms with Gasteiger partial charge in [0.1, 0.15) is 17.7 Å². The second-order valence-electron chi connectivity index (χ2n) is 5.49. The van der Waals surface area contributed by atoms with E-state index in [1.165, 1.54) is 6.33 Å². The fourth-order valence-corrected chi connectivity index (χ4v) is 1.64. The van der Waals surface area contributed by atoms with Gasteiger partial charge < -0.3 is 5.32 Å². The Labute approximate surface area is 119 Å². The summed E-state index contributed by atoms with van der Waals surface area (Å²) in [5.74, 6) is 0.653. The molecule has 0 radical (unpaired) electrons. The van der Waals surface area contributed by atoms with E-state index in [2.05, 4.69) is 21.5 Å². The van der Waals surface area contributed by atoms with Crippen LogP contribution in [0.15, 0.2) is 6.33 Å². The predicted molar refractivity (Wildman–Crippen MR) is 74.3 cm³/mol. The lowest BCUT2D eigenvalue weighted by atomic mass is 9.90. The zero-order chi connectivity index (χ0) is 15.3. The summed E-state index contributed by atoms with van der Waals surface area (Å²) >= 11 is 0. The summed E-state index contributed by atoms with van der Waals surface area (Å²) in [5, 5.41) is 15.9. The molecule has 0 aromatic carbocycles. The first-order chi connectivity index (χ1) is 9.28. The third-order valence-electron chi connectivity index (χ3n) is 3.42. The molecule has 110 valence electrons. The van der Waals surface area contributed by atoms with E-state index in [1.54, 1.807) is 11.6 Å². The van der Waals surface area contributed by atoms with Crippen molar-refractivity contribution >= 4 is 5.91 Å². The lowest BCUT2D eigenvalue weighted by molar-refractivity contribution is -0.123. The number of nitrogens with zero attached hydrogens (tertiary/aromatic N) is 5. The molecule has 7 heteroatoms. The molecule has 1 atom stereocenters. The molecular formula is C13H22N6O. The SMILES string of the molecule is CC(C)[C@@](C)(C#N)NC(=O)CN(C)Cc1ncnn1C. The number of hydrogen-bond acceptors (Lipinski definition) is 5. The van der Waals surface area contributed by atoms with Crippen LogP contribution in [0.2, 0.25) is 0 Å². The first kappa shape index (κ1) is 16.1. The van der Waals surface area contributed by atoms with E-state index in [4.69, 9.17) is 0 Å². The normalized spacial score (nSPS) is 14.1. The molecule has 1 aromatic rings. The Bertz CT molecular complexity index is 503. The molecule has 1 amide bonds. The van der Waals surface area contributed by atoms with Gasteiger partial charge in [0, 0.05) is 7.05 Å². The number of carbonyl (C=O) groups is 1. The van der Waals surface area contributed by atoms with Crippen molar-refractivity contribution in [2.24, 2.45) is 13.0 Å². The Kier molecular flexibility index (Phi) is 5.22. The van der Waals surface area contributed by atoms with E-state index >= 15 is 0 Å². The third kappa shape index (κ3) is 4.03. The molecule has 0 aliphatic heterocycles. The number of rotatable bonds is 6. The van der Waals surface area contributed by atoms with Crippen molar-refractivity contribution < 1.29 is 4.79 Å². The molecule has 0 bridgehead atoms. The van der Waals surface area contributed by atoms with Gasteiger partial charge in [-0.3, -0.25) is 14.4 Å². The minimum Gasteiger partial charge on any atom is -0.337 e. The van der Waals surface area contributed by atoms with Gasteiger partial charge in [-0.05, 0) is 19.9 Å². The zero-order valence-electron chi connectivity index (χ0n) is 12.7. The highest BCUT2D eigenvalue weighted by molar-refractivity contribution is 5.79. The summed E-state index contributed by atoms with van der Waals surface area (Å²) in [5.41, 5.74) is -0.845. The minimum absolute atomic E-state index is 0.0421. The number of aryl methyl sites for hydroxylation is 1. The average Bonchev–Trinajstić information content (AvgIpc) is 2.74. The van der Waals surface area contributed by atoms with Crippen LogP contribution in [0.5, 0.6) is 0 Å². The molecule has 0 spiro atoms. The molecule has 1 heterocycles. The first-order valence-electron chi connectivity index (χ1n) is 6.52. The number of amides is 1. The monoisotopic (exact) mass is 278 g/mol. The molecule has 1 aromatic heterocycles. The number of hydrogen-bond donors (Lipinski definition) is 1. The molecular weight excluding hydrogens is 256 g/mol. The topological polar surface area (TPSA) is 86.8 Å². The van der Waals surface area contributed by atoms with Gasteiger partial charge in [0.25, 0.3) is 0 Å². The van der Waals surface area contributed by atoms with Crippen molar-refractivity contribution in [3.63, 3.8) is 0 Å². The van der Waals surface area contributed by atoms with Gasteiger partial charge in [-0.2, -0.15) is 10.4 Å². The number of likely N-dealkylation sites (N-methyl/N-ethyl adjacent to an activating group) is 1.